The minimum Gasteiger partial charge on any atom is -0.497 e. The fourth-order valence-electron chi connectivity index (χ4n) is 3.24. The number of ether oxygens (including phenoxy) is 1. The Morgan fingerprint density at radius 3 is 1.94 bits per heavy atom. The van der Waals surface area contributed by atoms with E-state index in [1.54, 1.807) is 54.6 Å². The topological polar surface area (TPSA) is 41.6 Å². The van der Waals surface area contributed by atoms with Crippen LogP contribution in [0.4, 0.5) is 18.9 Å². The number of benzene rings is 3. The van der Waals surface area contributed by atoms with E-state index in [1.807, 2.05) is 18.2 Å². The SMILES string of the molecule is COc1ccc(NC2=C(c3ccccc3)C(=O)N(CC(F)(F)F)C2=S)cc1.Cc1ccccc1. The number of carbonyl (C=O) groups excluding carboxylic acids is 1. The van der Waals surface area contributed by atoms with Crippen molar-refractivity contribution in [2.24, 2.45) is 0 Å². The summed E-state index contributed by atoms with van der Waals surface area (Å²) in [6.45, 7) is 0.648. The zero-order valence-corrected chi connectivity index (χ0v) is 19.4. The molecule has 1 aliphatic heterocycles. The summed E-state index contributed by atoms with van der Waals surface area (Å²) in [6, 6.07) is 25.5. The average Bonchev–Trinajstić information content (AvgIpc) is 3.04. The Balaban J connectivity index is 0.000000396. The van der Waals surface area contributed by atoms with Crippen LogP contribution in [0.1, 0.15) is 11.1 Å². The van der Waals surface area contributed by atoms with Crippen LogP contribution in [0, 0.1) is 6.92 Å². The van der Waals surface area contributed by atoms with Gasteiger partial charge in [-0.05, 0) is 36.8 Å². The molecule has 1 N–H and O–H groups in total. The van der Waals surface area contributed by atoms with Crippen LogP contribution in [0.15, 0.2) is 90.6 Å². The Morgan fingerprint density at radius 1 is 0.912 bits per heavy atom. The van der Waals surface area contributed by atoms with Crippen molar-refractivity contribution in [2.45, 2.75) is 13.1 Å². The quantitative estimate of drug-likeness (QED) is 0.435. The summed E-state index contributed by atoms with van der Waals surface area (Å²) < 4.78 is 43.8. The van der Waals surface area contributed by atoms with Crippen LogP contribution in [-0.2, 0) is 4.79 Å². The number of halogens is 3. The summed E-state index contributed by atoms with van der Waals surface area (Å²) in [6.07, 6.45) is -4.56. The number of thiocarbonyl (C=S) groups is 1. The molecule has 3 aromatic rings. The van der Waals surface area contributed by atoms with Gasteiger partial charge in [0.2, 0.25) is 0 Å². The Labute approximate surface area is 201 Å². The van der Waals surface area contributed by atoms with Crippen molar-refractivity contribution < 1.29 is 22.7 Å². The zero-order valence-electron chi connectivity index (χ0n) is 18.6. The molecule has 1 aliphatic rings. The highest BCUT2D eigenvalue weighted by Crippen LogP contribution is 2.33. The lowest BCUT2D eigenvalue weighted by Crippen LogP contribution is -2.39. The zero-order chi connectivity index (χ0) is 24.7. The maximum absolute atomic E-state index is 12.9. The van der Waals surface area contributed by atoms with E-state index in [9.17, 15) is 18.0 Å². The fourth-order valence-corrected chi connectivity index (χ4v) is 3.54. The van der Waals surface area contributed by atoms with Crippen LogP contribution >= 0.6 is 12.2 Å². The summed E-state index contributed by atoms with van der Waals surface area (Å²) in [5, 5.41) is 2.99. The molecule has 0 fully saturated rings. The normalized spacial score (nSPS) is 13.5. The van der Waals surface area contributed by atoms with Crippen molar-refractivity contribution in [1.29, 1.82) is 0 Å². The Bertz CT molecular complexity index is 1160. The molecule has 1 heterocycles. The number of amides is 1. The first-order valence-corrected chi connectivity index (χ1v) is 10.8. The van der Waals surface area contributed by atoms with Gasteiger partial charge in [-0.15, -0.1) is 0 Å². The summed E-state index contributed by atoms with van der Waals surface area (Å²) in [7, 11) is 1.53. The van der Waals surface area contributed by atoms with Crippen molar-refractivity contribution in [2.75, 3.05) is 19.0 Å². The molecule has 4 rings (SSSR count). The van der Waals surface area contributed by atoms with E-state index in [2.05, 4.69) is 24.4 Å². The first kappa shape index (κ1) is 25.0. The van der Waals surface area contributed by atoms with E-state index >= 15 is 0 Å². The molecule has 34 heavy (non-hydrogen) atoms. The summed E-state index contributed by atoms with van der Waals surface area (Å²) in [5.41, 5.74) is 2.67. The first-order chi connectivity index (χ1) is 16.2. The van der Waals surface area contributed by atoms with Crippen LogP contribution in [0.3, 0.4) is 0 Å². The van der Waals surface area contributed by atoms with Gasteiger partial charge in [-0.25, -0.2) is 0 Å². The molecule has 0 radical (unpaired) electrons. The lowest BCUT2D eigenvalue weighted by molar-refractivity contribution is -0.148. The number of nitrogens with one attached hydrogen (secondary N) is 1. The molecule has 0 spiro atoms. The lowest BCUT2D eigenvalue weighted by atomic mass is 10.0. The van der Waals surface area contributed by atoms with Crippen molar-refractivity contribution >= 4 is 34.4 Å². The maximum Gasteiger partial charge on any atom is 0.406 e. The minimum atomic E-state index is -4.56. The molecule has 1 amide bonds. The minimum absolute atomic E-state index is 0.112. The highest BCUT2D eigenvalue weighted by Gasteiger charge is 2.42. The van der Waals surface area contributed by atoms with Crippen LogP contribution in [0.5, 0.6) is 5.75 Å². The van der Waals surface area contributed by atoms with Gasteiger partial charge in [0.15, 0.2) is 0 Å². The molecule has 0 aromatic heterocycles. The third-order valence-corrected chi connectivity index (χ3v) is 5.29. The molecule has 0 bridgehead atoms. The van der Waals surface area contributed by atoms with Crippen LogP contribution in [0.2, 0.25) is 0 Å². The van der Waals surface area contributed by atoms with Gasteiger partial charge in [-0.1, -0.05) is 78.4 Å². The van der Waals surface area contributed by atoms with Crippen LogP contribution < -0.4 is 10.1 Å². The van der Waals surface area contributed by atoms with Gasteiger partial charge < -0.3 is 10.1 Å². The van der Waals surface area contributed by atoms with Gasteiger partial charge in [0.25, 0.3) is 5.91 Å². The number of rotatable bonds is 5. The van der Waals surface area contributed by atoms with Crippen LogP contribution in [0.25, 0.3) is 5.57 Å². The largest absolute Gasteiger partial charge is 0.497 e. The summed E-state index contributed by atoms with van der Waals surface area (Å²) in [5.74, 6) is -0.152. The highest BCUT2D eigenvalue weighted by atomic mass is 32.1. The predicted octanol–water partition coefficient (Wildman–Crippen LogP) is 6.25. The average molecular weight is 485 g/mol. The second kappa shape index (κ2) is 11.0. The lowest BCUT2D eigenvalue weighted by Gasteiger charge is -2.19. The molecular formula is C26H23F3N2O2S. The van der Waals surface area contributed by atoms with Gasteiger partial charge in [-0.2, -0.15) is 13.2 Å². The molecule has 0 saturated heterocycles. The predicted molar refractivity (Wildman–Crippen MR) is 132 cm³/mol. The molecule has 0 atom stereocenters. The molecule has 176 valence electrons. The standard InChI is InChI=1S/C19H15F3N2O2S.C7H8/c1-26-14-9-7-13(8-10-14)23-16-15(12-5-3-2-4-6-12)17(25)24(18(16)27)11-19(20,21)22;1-7-5-3-2-4-6-7/h2-10,23H,11H2,1H3;2-6H,1H3. The first-order valence-electron chi connectivity index (χ1n) is 10.3. The summed E-state index contributed by atoms with van der Waals surface area (Å²) in [4.78, 5) is 13.1. The molecular weight excluding hydrogens is 461 g/mol. The Kier molecular flexibility index (Phi) is 8.07. The molecule has 0 unspecified atom stereocenters. The van der Waals surface area contributed by atoms with Crippen LogP contribution in [-0.4, -0.2) is 35.6 Å². The van der Waals surface area contributed by atoms with Gasteiger partial charge in [-0.3, -0.25) is 9.69 Å². The number of hydrogen-bond donors (Lipinski definition) is 1. The summed E-state index contributed by atoms with van der Waals surface area (Å²) >= 11 is 5.19. The third-order valence-electron chi connectivity index (χ3n) is 4.87. The fraction of sp³-hybridized carbons (Fsp3) is 0.154. The number of aryl methyl sites for hydroxylation is 1. The second-order valence-electron chi connectivity index (χ2n) is 7.44. The number of hydrogen-bond acceptors (Lipinski definition) is 4. The van der Waals surface area contributed by atoms with E-state index in [0.717, 1.165) is 0 Å². The van der Waals surface area contributed by atoms with E-state index in [0.29, 0.717) is 21.9 Å². The van der Waals surface area contributed by atoms with Gasteiger partial charge in [0.1, 0.15) is 17.3 Å². The Morgan fingerprint density at radius 2 is 1.47 bits per heavy atom. The number of anilines is 1. The van der Waals surface area contributed by atoms with E-state index in [-0.39, 0.29) is 16.3 Å². The highest BCUT2D eigenvalue weighted by molar-refractivity contribution is 7.80. The number of nitrogens with zero attached hydrogens (tertiary/aromatic N) is 1. The molecule has 0 aliphatic carbocycles. The molecule has 8 heteroatoms. The van der Waals surface area contributed by atoms with Gasteiger partial charge in [0.05, 0.1) is 18.4 Å². The number of alkyl halides is 3. The Hall–Kier alpha value is -3.65. The number of methoxy groups -OCH3 is 1. The monoisotopic (exact) mass is 484 g/mol. The van der Waals surface area contributed by atoms with E-state index in [4.69, 9.17) is 17.0 Å². The smallest absolute Gasteiger partial charge is 0.406 e. The van der Waals surface area contributed by atoms with E-state index < -0.39 is 18.6 Å². The van der Waals surface area contributed by atoms with E-state index in [1.165, 1.54) is 12.7 Å². The number of carbonyl (C=O) groups is 1. The van der Waals surface area contributed by atoms with Gasteiger partial charge in [0, 0.05) is 5.69 Å². The molecule has 0 saturated carbocycles. The molecule has 4 nitrogen and oxygen atoms in total. The van der Waals surface area contributed by atoms with Crippen molar-refractivity contribution in [3.8, 4) is 5.75 Å². The maximum atomic E-state index is 12.9. The second-order valence-corrected chi connectivity index (χ2v) is 7.82. The van der Waals surface area contributed by atoms with Crippen molar-refractivity contribution in [3.63, 3.8) is 0 Å². The molecule has 3 aromatic carbocycles. The van der Waals surface area contributed by atoms with Gasteiger partial charge >= 0.3 is 6.18 Å². The van der Waals surface area contributed by atoms with Crippen molar-refractivity contribution in [3.05, 3.63) is 102 Å². The van der Waals surface area contributed by atoms with Crippen molar-refractivity contribution in [1.82, 2.24) is 4.90 Å². The third kappa shape index (κ3) is 6.45.